The summed E-state index contributed by atoms with van der Waals surface area (Å²) in [6.07, 6.45) is 2.50. The van der Waals surface area contributed by atoms with Crippen molar-refractivity contribution in [2.45, 2.75) is 25.9 Å². The van der Waals surface area contributed by atoms with Gasteiger partial charge in [0.25, 0.3) is 0 Å². The van der Waals surface area contributed by atoms with Crippen LogP contribution in [0.3, 0.4) is 0 Å². The Bertz CT molecular complexity index is 456. The van der Waals surface area contributed by atoms with Crippen LogP contribution in [-0.2, 0) is 4.74 Å². The van der Waals surface area contributed by atoms with E-state index in [1.807, 2.05) is 6.07 Å². The Labute approximate surface area is 113 Å². The number of hydrogen-bond acceptors (Lipinski definition) is 3. The second-order valence-electron chi connectivity index (χ2n) is 4.55. The van der Waals surface area contributed by atoms with E-state index in [2.05, 4.69) is 18.3 Å². The summed E-state index contributed by atoms with van der Waals surface area (Å²) < 4.78 is 5.65. The molecule has 2 atom stereocenters. The lowest BCUT2D eigenvalue weighted by Crippen LogP contribution is -2.22. The molecule has 1 aromatic rings. The van der Waals surface area contributed by atoms with Crippen molar-refractivity contribution >= 4 is 17.3 Å². The molecule has 0 aliphatic carbocycles. The fourth-order valence-electron chi connectivity index (χ4n) is 2.35. The summed E-state index contributed by atoms with van der Waals surface area (Å²) in [4.78, 5) is 0. The molecular weight excluding hydrogens is 248 g/mol. The molecule has 1 aliphatic rings. The van der Waals surface area contributed by atoms with Crippen LogP contribution in [0.4, 0.5) is 5.69 Å². The Kier molecular flexibility index (Phi) is 4.46. The number of nitrogens with one attached hydrogen (secondary N) is 1. The molecule has 1 aromatic carbocycles. The van der Waals surface area contributed by atoms with Gasteiger partial charge >= 0.3 is 0 Å². The molecule has 18 heavy (non-hydrogen) atoms. The quantitative estimate of drug-likeness (QED) is 0.906. The summed E-state index contributed by atoms with van der Waals surface area (Å²) in [5.41, 5.74) is 1.47. The summed E-state index contributed by atoms with van der Waals surface area (Å²) in [5.74, 6) is 0.543. The lowest BCUT2D eigenvalue weighted by atomic mass is 9.99. The first kappa shape index (κ1) is 13.2. The van der Waals surface area contributed by atoms with E-state index < -0.39 is 0 Å². The minimum Gasteiger partial charge on any atom is -0.383 e. The van der Waals surface area contributed by atoms with Gasteiger partial charge in [0.1, 0.15) is 0 Å². The van der Waals surface area contributed by atoms with Crippen LogP contribution in [0.1, 0.15) is 25.3 Å². The first-order valence-electron chi connectivity index (χ1n) is 6.29. The van der Waals surface area contributed by atoms with Crippen molar-refractivity contribution in [3.63, 3.8) is 0 Å². The van der Waals surface area contributed by atoms with E-state index in [0.717, 1.165) is 31.7 Å². The third-order valence-electron chi connectivity index (χ3n) is 3.40. The average molecular weight is 265 g/mol. The molecule has 0 bridgehead atoms. The Balaban J connectivity index is 1.96. The summed E-state index contributed by atoms with van der Waals surface area (Å²) in [6, 6.07) is 7.40. The van der Waals surface area contributed by atoms with Crippen molar-refractivity contribution in [2.75, 3.05) is 18.5 Å². The van der Waals surface area contributed by atoms with Crippen molar-refractivity contribution in [3.05, 3.63) is 28.8 Å². The number of ether oxygens (including phenoxy) is 1. The van der Waals surface area contributed by atoms with Crippen LogP contribution >= 0.6 is 11.6 Å². The molecule has 4 heteroatoms. The van der Waals surface area contributed by atoms with Gasteiger partial charge < -0.3 is 10.1 Å². The van der Waals surface area contributed by atoms with E-state index in [1.165, 1.54) is 0 Å². The highest BCUT2D eigenvalue weighted by atomic mass is 35.5. The first-order chi connectivity index (χ1) is 8.74. The van der Waals surface area contributed by atoms with Crippen molar-refractivity contribution in [1.29, 1.82) is 5.26 Å². The zero-order chi connectivity index (χ0) is 13.0. The number of nitriles is 1. The average Bonchev–Trinajstić information content (AvgIpc) is 2.84. The van der Waals surface area contributed by atoms with Gasteiger partial charge in [-0.2, -0.15) is 5.26 Å². The van der Waals surface area contributed by atoms with Crippen LogP contribution in [-0.4, -0.2) is 19.3 Å². The first-order valence-corrected chi connectivity index (χ1v) is 6.67. The molecule has 1 fully saturated rings. The minimum atomic E-state index is 0.356. The van der Waals surface area contributed by atoms with E-state index in [0.29, 0.717) is 22.6 Å². The van der Waals surface area contributed by atoms with Crippen LogP contribution in [0.25, 0.3) is 0 Å². The van der Waals surface area contributed by atoms with E-state index in [-0.39, 0.29) is 0 Å². The Morgan fingerprint density at radius 2 is 2.39 bits per heavy atom. The highest BCUT2D eigenvalue weighted by Gasteiger charge is 2.26. The normalized spacial score (nSPS) is 22.7. The van der Waals surface area contributed by atoms with Crippen LogP contribution in [0, 0.1) is 17.2 Å². The zero-order valence-corrected chi connectivity index (χ0v) is 11.2. The van der Waals surface area contributed by atoms with Crippen molar-refractivity contribution in [1.82, 2.24) is 0 Å². The SMILES string of the molecule is CCC1OCCC1CNc1ccc(C#N)cc1Cl. The van der Waals surface area contributed by atoms with Gasteiger partial charge in [0.2, 0.25) is 0 Å². The van der Waals surface area contributed by atoms with Crippen LogP contribution < -0.4 is 5.32 Å². The topological polar surface area (TPSA) is 45.0 Å². The number of halogens is 1. The Morgan fingerprint density at radius 3 is 3.06 bits per heavy atom. The van der Waals surface area contributed by atoms with E-state index in [9.17, 15) is 0 Å². The summed E-state index contributed by atoms with van der Waals surface area (Å²) in [5, 5.41) is 12.7. The third-order valence-corrected chi connectivity index (χ3v) is 3.71. The van der Waals surface area contributed by atoms with Gasteiger partial charge in [-0.25, -0.2) is 0 Å². The minimum absolute atomic E-state index is 0.356. The van der Waals surface area contributed by atoms with E-state index >= 15 is 0 Å². The standard InChI is InChI=1S/C14H17ClN2O/c1-2-14-11(5-6-18-14)9-17-13-4-3-10(8-16)7-12(13)15/h3-4,7,11,14,17H,2,5-6,9H2,1H3. The highest BCUT2D eigenvalue weighted by molar-refractivity contribution is 6.33. The second-order valence-corrected chi connectivity index (χ2v) is 4.96. The number of rotatable bonds is 4. The molecule has 1 aliphatic heterocycles. The molecule has 1 saturated heterocycles. The smallest absolute Gasteiger partial charge is 0.0992 e. The highest BCUT2D eigenvalue weighted by Crippen LogP contribution is 2.26. The maximum Gasteiger partial charge on any atom is 0.0992 e. The van der Waals surface area contributed by atoms with Gasteiger partial charge in [-0.1, -0.05) is 18.5 Å². The van der Waals surface area contributed by atoms with E-state index in [4.69, 9.17) is 21.6 Å². The van der Waals surface area contributed by atoms with Crippen molar-refractivity contribution < 1.29 is 4.74 Å². The predicted octanol–water partition coefficient (Wildman–Crippen LogP) is 3.44. The fraction of sp³-hybridized carbons (Fsp3) is 0.500. The van der Waals surface area contributed by atoms with Gasteiger partial charge in [-0.15, -0.1) is 0 Å². The maximum absolute atomic E-state index is 8.78. The van der Waals surface area contributed by atoms with Gasteiger partial charge in [-0.3, -0.25) is 0 Å². The van der Waals surface area contributed by atoms with Gasteiger partial charge in [0.05, 0.1) is 28.4 Å². The Morgan fingerprint density at radius 1 is 1.56 bits per heavy atom. The van der Waals surface area contributed by atoms with Crippen LogP contribution in [0.2, 0.25) is 5.02 Å². The molecule has 2 unspecified atom stereocenters. The molecular formula is C14H17ClN2O. The molecule has 96 valence electrons. The molecule has 1 N–H and O–H groups in total. The third kappa shape index (κ3) is 2.95. The maximum atomic E-state index is 8.78. The molecule has 0 radical (unpaired) electrons. The van der Waals surface area contributed by atoms with Crippen LogP contribution in [0.15, 0.2) is 18.2 Å². The largest absolute Gasteiger partial charge is 0.383 e. The Hall–Kier alpha value is -1.24. The van der Waals surface area contributed by atoms with Gasteiger partial charge in [-0.05, 0) is 31.0 Å². The van der Waals surface area contributed by atoms with Crippen LogP contribution in [0.5, 0.6) is 0 Å². The number of nitrogens with zero attached hydrogens (tertiary/aromatic N) is 1. The zero-order valence-electron chi connectivity index (χ0n) is 10.4. The van der Waals surface area contributed by atoms with E-state index in [1.54, 1.807) is 12.1 Å². The lowest BCUT2D eigenvalue weighted by Gasteiger charge is -2.18. The summed E-state index contributed by atoms with van der Waals surface area (Å²) in [6.45, 7) is 3.87. The molecule has 0 saturated carbocycles. The molecule has 2 rings (SSSR count). The molecule has 0 spiro atoms. The number of anilines is 1. The van der Waals surface area contributed by atoms with Gasteiger partial charge in [0.15, 0.2) is 0 Å². The second kappa shape index (κ2) is 6.08. The number of hydrogen-bond donors (Lipinski definition) is 1. The van der Waals surface area contributed by atoms with Crippen molar-refractivity contribution in [2.24, 2.45) is 5.92 Å². The molecule has 3 nitrogen and oxygen atoms in total. The summed E-state index contributed by atoms with van der Waals surface area (Å²) >= 11 is 6.12. The predicted molar refractivity (Wildman–Crippen MR) is 72.8 cm³/mol. The summed E-state index contributed by atoms with van der Waals surface area (Å²) in [7, 11) is 0. The fourth-order valence-corrected chi connectivity index (χ4v) is 2.59. The molecule has 0 aromatic heterocycles. The molecule has 0 amide bonds. The lowest BCUT2D eigenvalue weighted by molar-refractivity contribution is 0.0900. The van der Waals surface area contributed by atoms with Crippen molar-refractivity contribution in [3.8, 4) is 6.07 Å². The molecule has 1 heterocycles. The van der Waals surface area contributed by atoms with Gasteiger partial charge in [0, 0.05) is 19.1 Å². The monoisotopic (exact) mass is 264 g/mol. The number of benzene rings is 1.